The van der Waals surface area contributed by atoms with Crippen LogP contribution in [0.15, 0.2) is 46.6 Å². The lowest BCUT2D eigenvalue weighted by Crippen LogP contribution is -2.53. The molecule has 0 amide bonds. The standard InChI is InChI=1S/3C27H46O2.C27H46O/c1-17(2)6-11-25(29)18(3)22-9-10-23-21-8-7-19-16-20(28)12-14-26(19,4)24(21)13-15-27(22,23)5;1-18(7-6-14-25(2,3)29)22-10-11-23-21-9-8-19-17-20(28)12-15-26(19,4)24(21)13-16-27(22,23)5;1-18(2)7-6-14-27(5,29)24-11-10-22-21-9-8-19-17-20(28)12-15-25(19,3)23(21)13-16-26(22,24)4;1-18(2)7-6-8-19(3)23-11-12-24-22-10-9-20-17-21(28)13-15-26(20,4)25(22)14-16-27(23,24)5/h7,17-18,20-25,28-29H,6,8-16H2,1-5H3;2*8,18,20-24,28-29H,6-7,9-17H2,1-5H3;9,18-19,21-25,28H,6-8,10-17H2,1-5H3/t18?,20-,21?,22+,23?,24?,25+,26-,27+;18?,20-,21?,22?,23?,24?,26-,27+;20-,21?,22?,23?,24?,25-,26-,27-;19?,21-,22?,23?,24?,25?,26-,27+/m0000/s1. The molecule has 0 aromatic carbocycles. The Morgan fingerprint density at radius 1 is 0.330 bits per heavy atom. The number of allylic oxidation sites excluding steroid dienone is 4. The first-order valence-electron chi connectivity index (χ1n) is 50.7. The molecule has 12 saturated carbocycles. The van der Waals surface area contributed by atoms with Gasteiger partial charge < -0.3 is 35.7 Å². The van der Waals surface area contributed by atoms with Gasteiger partial charge in [0.2, 0.25) is 0 Å². The van der Waals surface area contributed by atoms with E-state index in [2.05, 4.69) is 149 Å². The average molecular weight is 1590 g/mol. The van der Waals surface area contributed by atoms with Crippen LogP contribution in [0.1, 0.15) is 415 Å². The van der Waals surface area contributed by atoms with Crippen LogP contribution in [0.4, 0.5) is 0 Å². The van der Waals surface area contributed by atoms with E-state index in [0.29, 0.717) is 67.0 Å². The lowest BCUT2D eigenvalue weighted by molar-refractivity contribution is -0.105. The zero-order valence-corrected chi connectivity index (χ0v) is 78.4. The fraction of sp³-hybridized carbons (Fsp3) is 0.926. The topological polar surface area (TPSA) is 142 Å². The number of hydrogen-bond acceptors (Lipinski definition) is 7. The van der Waals surface area contributed by atoms with E-state index in [-0.39, 0.29) is 30.5 Å². The van der Waals surface area contributed by atoms with Crippen molar-refractivity contribution in [3.63, 3.8) is 0 Å². The maximum Gasteiger partial charge on any atom is 0.0653 e. The molecule has 33 atom stereocenters. The van der Waals surface area contributed by atoms with Gasteiger partial charge in [0.05, 0.1) is 41.7 Å². The van der Waals surface area contributed by atoms with Crippen LogP contribution in [0.3, 0.4) is 0 Å². The lowest BCUT2D eigenvalue weighted by atomic mass is 9.46. The first-order valence-corrected chi connectivity index (χ1v) is 50.7. The molecular weight excluding hydrogens is 1410 g/mol. The van der Waals surface area contributed by atoms with E-state index in [1.54, 1.807) is 22.3 Å². The van der Waals surface area contributed by atoms with Crippen molar-refractivity contribution in [1.29, 1.82) is 0 Å². The molecule has 658 valence electrons. The van der Waals surface area contributed by atoms with Gasteiger partial charge in [-0.1, -0.05) is 209 Å². The molecule has 0 bridgehead atoms. The molecule has 115 heavy (non-hydrogen) atoms. The highest BCUT2D eigenvalue weighted by atomic mass is 16.3. The van der Waals surface area contributed by atoms with Gasteiger partial charge in [-0.25, -0.2) is 0 Å². The minimum atomic E-state index is -0.519. The Bertz CT molecular complexity index is 3340. The first kappa shape index (κ1) is 91.4. The van der Waals surface area contributed by atoms with E-state index in [0.717, 1.165) is 196 Å². The summed E-state index contributed by atoms with van der Waals surface area (Å²) in [6.07, 6.45) is 62.3. The van der Waals surface area contributed by atoms with Gasteiger partial charge in [-0.3, -0.25) is 0 Å². The maximum atomic E-state index is 11.6. The Morgan fingerprint density at radius 2 is 0.635 bits per heavy atom. The monoisotopic (exact) mass is 1590 g/mol. The maximum absolute atomic E-state index is 11.6. The third-order valence-electron chi connectivity index (χ3n) is 41.3. The summed E-state index contributed by atoms with van der Waals surface area (Å²) in [7, 11) is 0. The van der Waals surface area contributed by atoms with Crippen molar-refractivity contribution in [3.8, 4) is 0 Å². The molecule has 7 heteroatoms. The molecule has 12 fully saturated rings. The van der Waals surface area contributed by atoms with Crippen LogP contribution in [0.25, 0.3) is 0 Å². The second-order valence-corrected chi connectivity index (χ2v) is 49.5. The minimum Gasteiger partial charge on any atom is -0.393 e. The van der Waals surface area contributed by atoms with Gasteiger partial charge in [0, 0.05) is 0 Å². The van der Waals surface area contributed by atoms with Gasteiger partial charge in [0.15, 0.2) is 0 Å². The Kier molecular flexibility index (Phi) is 28.3. The predicted octanol–water partition coefficient (Wildman–Crippen LogP) is 26.8. The second-order valence-electron chi connectivity index (χ2n) is 49.5. The van der Waals surface area contributed by atoms with Crippen LogP contribution in [-0.2, 0) is 0 Å². The average Bonchev–Trinajstić information content (AvgIpc) is 1.63. The highest BCUT2D eigenvalue weighted by Gasteiger charge is 2.65. The van der Waals surface area contributed by atoms with Crippen molar-refractivity contribution in [3.05, 3.63) is 46.6 Å². The molecule has 16 rings (SSSR count). The lowest BCUT2D eigenvalue weighted by Gasteiger charge is -2.59. The normalized spacial score (nSPS) is 46.3. The van der Waals surface area contributed by atoms with Crippen molar-refractivity contribution in [2.75, 3.05) is 0 Å². The van der Waals surface area contributed by atoms with Crippen LogP contribution in [-0.4, -0.2) is 77.5 Å². The van der Waals surface area contributed by atoms with E-state index >= 15 is 0 Å². The molecule has 7 N–H and O–H groups in total. The summed E-state index contributed by atoms with van der Waals surface area (Å²) >= 11 is 0. The quantitative estimate of drug-likeness (QED) is 0.0602. The molecule has 18 unspecified atom stereocenters. The fourth-order valence-corrected chi connectivity index (χ4v) is 34.6. The molecule has 7 nitrogen and oxygen atoms in total. The number of hydrogen-bond donors (Lipinski definition) is 7. The summed E-state index contributed by atoms with van der Waals surface area (Å²) in [6, 6.07) is 0. The Balaban J connectivity index is 0.000000134. The Morgan fingerprint density at radius 3 is 0.991 bits per heavy atom. The molecule has 0 saturated heterocycles. The molecule has 0 spiro atoms. The van der Waals surface area contributed by atoms with E-state index < -0.39 is 11.2 Å². The van der Waals surface area contributed by atoms with Crippen LogP contribution < -0.4 is 0 Å². The summed E-state index contributed by atoms with van der Waals surface area (Å²) in [6.45, 7) is 47.9. The van der Waals surface area contributed by atoms with Gasteiger partial charge in [-0.05, 0) is 425 Å². The van der Waals surface area contributed by atoms with Gasteiger partial charge in [-0.15, -0.1) is 0 Å². The first-order chi connectivity index (χ1) is 54.0. The largest absolute Gasteiger partial charge is 0.393 e. The van der Waals surface area contributed by atoms with E-state index in [9.17, 15) is 35.7 Å². The summed E-state index contributed by atoms with van der Waals surface area (Å²) in [5.74, 6) is 17.5. The van der Waals surface area contributed by atoms with E-state index in [4.69, 9.17) is 0 Å². The van der Waals surface area contributed by atoms with Gasteiger partial charge >= 0.3 is 0 Å². The molecule has 16 aliphatic carbocycles. The van der Waals surface area contributed by atoms with Crippen molar-refractivity contribution in [2.24, 2.45) is 174 Å². The van der Waals surface area contributed by atoms with Crippen LogP contribution in [0.5, 0.6) is 0 Å². The molecule has 0 heterocycles. The summed E-state index contributed by atoms with van der Waals surface area (Å²) in [4.78, 5) is 0. The van der Waals surface area contributed by atoms with Gasteiger partial charge in [0.25, 0.3) is 0 Å². The summed E-state index contributed by atoms with van der Waals surface area (Å²) in [5.41, 5.74) is 8.56. The highest BCUT2D eigenvalue weighted by molar-refractivity contribution is 5.30. The Hall–Kier alpha value is -1.32. The third-order valence-corrected chi connectivity index (χ3v) is 41.3. The summed E-state index contributed by atoms with van der Waals surface area (Å²) < 4.78 is 0. The number of aliphatic hydroxyl groups excluding tert-OH is 5. The van der Waals surface area contributed by atoms with Crippen molar-refractivity contribution < 1.29 is 35.7 Å². The predicted molar refractivity (Wildman–Crippen MR) is 481 cm³/mol. The van der Waals surface area contributed by atoms with Gasteiger partial charge in [-0.2, -0.15) is 0 Å². The van der Waals surface area contributed by atoms with Crippen LogP contribution in [0.2, 0.25) is 0 Å². The Labute approximate surface area is 708 Å². The minimum absolute atomic E-state index is 0.0766. The summed E-state index contributed by atoms with van der Waals surface area (Å²) in [5, 5.41) is 73.4. The molecule has 16 aliphatic rings. The number of rotatable bonds is 20. The van der Waals surface area contributed by atoms with Crippen molar-refractivity contribution in [2.45, 2.75) is 456 Å². The van der Waals surface area contributed by atoms with Crippen molar-refractivity contribution in [1.82, 2.24) is 0 Å². The molecule has 0 aliphatic heterocycles. The zero-order chi connectivity index (χ0) is 83.1. The smallest absolute Gasteiger partial charge is 0.0653 e. The number of fused-ring (bicyclic) bond motifs is 20. The fourth-order valence-electron chi connectivity index (χ4n) is 34.6. The highest BCUT2D eigenvalue weighted by Crippen LogP contribution is 2.73. The molecule has 0 aromatic rings. The van der Waals surface area contributed by atoms with Crippen molar-refractivity contribution >= 4 is 0 Å². The SMILES string of the molecule is CC(C)CCCC(C)C1CCC2C3CC=C4C[C@@H](O)CC[C@]4(C)C3CC[C@]12C.CC(C)CCC[C@](C)(O)C1CCC2C3CC=C4C[C@@H](O)CC[C@]4(C)C3CC[C@@]21C.CC(C)CC[C@@H](O)C(C)[C@H]1CCC2C3CC=C4C[C@@H](O)CC[C@]4(C)C3CC[C@@]21C.CC(CCCC(C)(C)O)C1CCC2C3CC=C4C[C@@H](O)CC[C@]4(C)C3CC[C@]12C. The molecule has 0 radical (unpaired) electrons. The van der Waals surface area contributed by atoms with Crippen LogP contribution >= 0.6 is 0 Å². The second kappa shape index (κ2) is 35.6. The van der Waals surface area contributed by atoms with Crippen LogP contribution in [0, 0.1) is 174 Å². The zero-order valence-electron chi connectivity index (χ0n) is 78.4. The van der Waals surface area contributed by atoms with Gasteiger partial charge in [0.1, 0.15) is 0 Å². The van der Waals surface area contributed by atoms with E-state index in [1.807, 2.05) is 13.8 Å². The molecular formula is C108H184O7. The third kappa shape index (κ3) is 17.9. The number of aliphatic hydroxyl groups is 7. The molecule has 0 aromatic heterocycles. The van der Waals surface area contributed by atoms with E-state index in [1.165, 1.54) is 186 Å².